The van der Waals surface area contributed by atoms with Crippen molar-refractivity contribution in [2.75, 3.05) is 19.6 Å². The Balaban J connectivity index is 0.000000291. The van der Waals surface area contributed by atoms with Crippen molar-refractivity contribution in [3.05, 3.63) is 0 Å². The number of nitrogens with zero attached hydrogens (tertiary/aromatic N) is 1. The van der Waals surface area contributed by atoms with Crippen LogP contribution in [0.4, 0.5) is 0 Å². The minimum Gasteiger partial charge on any atom is -0.304 e. The molecule has 0 radical (unpaired) electrons. The zero-order chi connectivity index (χ0) is 7.11. The second kappa shape index (κ2) is 6.01. The molecule has 0 amide bonds. The summed E-state index contributed by atoms with van der Waals surface area (Å²) < 4.78 is 0. The summed E-state index contributed by atoms with van der Waals surface area (Å²) in [5, 5.41) is 0. The maximum Gasteiger partial charge on any atom is -0.00184 e. The molecule has 1 fully saturated rings. The van der Waals surface area contributed by atoms with Gasteiger partial charge in [0.1, 0.15) is 0 Å². The highest BCUT2D eigenvalue weighted by atomic mass is 15.1. The summed E-state index contributed by atoms with van der Waals surface area (Å²) in [5.41, 5.74) is 0. The third-order valence-electron chi connectivity index (χ3n) is 1.65. The summed E-state index contributed by atoms with van der Waals surface area (Å²) in [7, 11) is 0. The fourth-order valence-corrected chi connectivity index (χ4v) is 1.10. The number of rotatable bonds is 1. The topological polar surface area (TPSA) is 55.3 Å². The van der Waals surface area contributed by atoms with Crippen molar-refractivity contribution in [3.63, 3.8) is 0 Å². The van der Waals surface area contributed by atoms with Gasteiger partial charge in [-0.3, -0.25) is 11.7 Å². The maximum atomic E-state index is 4.00. The van der Waals surface area contributed by atoms with Crippen LogP contribution in [0.3, 0.4) is 0 Å². The average molecular weight is 131 g/mol. The molecule has 1 aliphatic heterocycles. The second-order valence-corrected chi connectivity index (χ2v) is 2.14. The molecule has 0 aromatic heterocycles. The van der Waals surface area contributed by atoms with Crippen LogP contribution in [0.5, 0.6) is 0 Å². The third-order valence-corrected chi connectivity index (χ3v) is 1.65. The molecule has 0 aliphatic carbocycles. The van der Waals surface area contributed by atoms with Gasteiger partial charge in [-0.25, -0.2) is 0 Å². The minimum absolute atomic E-state index is 1.25. The molecule has 3 heteroatoms. The first kappa shape index (κ1) is 8.88. The van der Waals surface area contributed by atoms with Crippen LogP contribution >= 0.6 is 0 Å². The van der Waals surface area contributed by atoms with E-state index in [1.807, 2.05) is 0 Å². The van der Waals surface area contributed by atoms with Gasteiger partial charge in [0.15, 0.2) is 0 Å². The van der Waals surface area contributed by atoms with E-state index >= 15 is 0 Å². The van der Waals surface area contributed by atoms with Crippen molar-refractivity contribution in [3.8, 4) is 0 Å². The summed E-state index contributed by atoms with van der Waals surface area (Å²) in [6.45, 7) is 6.16. The van der Waals surface area contributed by atoms with E-state index in [1.54, 1.807) is 0 Å². The van der Waals surface area contributed by atoms with E-state index < -0.39 is 0 Å². The lowest BCUT2D eigenvalue weighted by Gasteiger charge is -2.08. The molecule has 56 valence electrons. The van der Waals surface area contributed by atoms with Crippen molar-refractivity contribution < 1.29 is 0 Å². The second-order valence-electron chi connectivity index (χ2n) is 2.14. The van der Waals surface area contributed by atoms with E-state index in [0.717, 1.165) is 0 Å². The first-order valence-corrected chi connectivity index (χ1v) is 3.49. The fourth-order valence-electron chi connectivity index (χ4n) is 1.10. The van der Waals surface area contributed by atoms with Crippen LogP contribution in [0.15, 0.2) is 0 Å². The standard InChI is InChI=1S/C6H13N.H4N2/c1-2-7-5-3-4-6-7;1-2/h2-6H2,1H3;1-2H2. The number of likely N-dealkylation sites (tertiary alicyclic amines) is 1. The van der Waals surface area contributed by atoms with Gasteiger partial charge in [-0.05, 0) is 32.5 Å². The lowest BCUT2D eigenvalue weighted by molar-refractivity contribution is 0.359. The van der Waals surface area contributed by atoms with Crippen LogP contribution in [0, 0.1) is 0 Å². The predicted molar refractivity (Wildman–Crippen MR) is 39.7 cm³/mol. The van der Waals surface area contributed by atoms with E-state index in [2.05, 4.69) is 23.5 Å². The third kappa shape index (κ3) is 3.46. The quantitative estimate of drug-likeness (QED) is 0.386. The van der Waals surface area contributed by atoms with Gasteiger partial charge in [-0.2, -0.15) is 0 Å². The largest absolute Gasteiger partial charge is 0.304 e. The number of nitrogens with two attached hydrogens (primary N) is 2. The SMILES string of the molecule is CCN1CCCC1.NN. The number of hydrogen-bond donors (Lipinski definition) is 2. The lowest BCUT2D eigenvalue weighted by atomic mass is 10.4. The van der Waals surface area contributed by atoms with E-state index in [4.69, 9.17) is 0 Å². The Hall–Kier alpha value is -0.120. The Morgan fingerprint density at radius 1 is 1.22 bits per heavy atom. The molecular formula is C6H17N3. The Bertz CT molecular complexity index is 50.3. The highest BCUT2D eigenvalue weighted by molar-refractivity contribution is 4.62. The van der Waals surface area contributed by atoms with Crippen LogP contribution in [0.2, 0.25) is 0 Å². The van der Waals surface area contributed by atoms with Gasteiger partial charge in [-0.15, -0.1) is 0 Å². The Morgan fingerprint density at radius 2 is 1.67 bits per heavy atom. The van der Waals surface area contributed by atoms with Crippen LogP contribution in [0.1, 0.15) is 19.8 Å². The van der Waals surface area contributed by atoms with Gasteiger partial charge in [0.05, 0.1) is 0 Å². The van der Waals surface area contributed by atoms with Crippen LogP contribution in [-0.2, 0) is 0 Å². The Labute approximate surface area is 57.0 Å². The molecule has 1 rings (SSSR count). The smallest absolute Gasteiger partial charge is 0.00184 e. The van der Waals surface area contributed by atoms with Gasteiger partial charge < -0.3 is 4.90 Å². The first-order chi connectivity index (χ1) is 4.43. The van der Waals surface area contributed by atoms with Crippen LogP contribution in [-0.4, -0.2) is 24.5 Å². The lowest BCUT2D eigenvalue weighted by Crippen LogP contribution is -2.17. The van der Waals surface area contributed by atoms with E-state index in [1.165, 1.54) is 32.5 Å². The minimum atomic E-state index is 1.25. The Kier molecular flexibility index (Phi) is 5.93. The van der Waals surface area contributed by atoms with Crippen molar-refractivity contribution in [2.24, 2.45) is 11.7 Å². The zero-order valence-corrected chi connectivity index (χ0v) is 6.14. The fraction of sp³-hybridized carbons (Fsp3) is 1.00. The summed E-state index contributed by atoms with van der Waals surface area (Å²) in [4.78, 5) is 2.49. The number of hydrazine groups is 1. The van der Waals surface area contributed by atoms with Gasteiger partial charge in [0, 0.05) is 0 Å². The normalized spacial score (nSPS) is 19.0. The zero-order valence-electron chi connectivity index (χ0n) is 6.14. The predicted octanol–water partition coefficient (Wildman–Crippen LogP) is -0.0791. The summed E-state index contributed by atoms with van der Waals surface area (Å²) >= 11 is 0. The Morgan fingerprint density at radius 3 is 1.89 bits per heavy atom. The molecule has 1 heterocycles. The van der Waals surface area contributed by atoms with Gasteiger partial charge >= 0.3 is 0 Å². The summed E-state index contributed by atoms with van der Waals surface area (Å²) in [5.74, 6) is 8.00. The highest BCUT2D eigenvalue weighted by Crippen LogP contribution is 2.04. The van der Waals surface area contributed by atoms with Crippen molar-refractivity contribution in [1.29, 1.82) is 0 Å². The first-order valence-electron chi connectivity index (χ1n) is 3.49. The van der Waals surface area contributed by atoms with E-state index in [9.17, 15) is 0 Å². The van der Waals surface area contributed by atoms with E-state index in [0.29, 0.717) is 0 Å². The summed E-state index contributed by atoms with van der Waals surface area (Å²) in [6, 6.07) is 0. The van der Waals surface area contributed by atoms with E-state index in [-0.39, 0.29) is 0 Å². The molecular weight excluding hydrogens is 114 g/mol. The molecule has 9 heavy (non-hydrogen) atoms. The molecule has 0 saturated carbocycles. The average Bonchev–Trinajstić information content (AvgIpc) is 2.43. The summed E-state index contributed by atoms with van der Waals surface area (Å²) in [6.07, 6.45) is 2.85. The van der Waals surface area contributed by atoms with Crippen molar-refractivity contribution in [1.82, 2.24) is 4.90 Å². The maximum absolute atomic E-state index is 4.00. The molecule has 0 unspecified atom stereocenters. The molecule has 1 aliphatic rings. The molecule has 3 nitrogen and oxygen atoms in total. The number of hydrogen-bond acceptors (Lipinski definition) is 3. The molecule has 4 N–H and O–H groups in total. The molecule has 0 aromatic carbocycles. The van der Waals surface area contributed by atoms with Gasteiger partial charge in [-0.1, -0.05) is 6.92 Å². The van der Waals surface area contributed by atoms with Gasteiger partial charge in [0.2, 0.25) is 0 Å². The molecule has 0 atom stereocenters. The monoisotopic (exact) mass is 131 g/mol. The molecule has 0 bridgehead atoms. The van der Waals surface area contributed by atoms with Crippen molar-refractivity contribution >= 4 is 0 Å². The molecule has 0 aromatic rings. The van der Waals surface area contributed by atoms with Crippen molar-refractivity contribution in [2.45, 2.75) is 19.8 Å². The highest BCUT2D eigenvalue weighted by Gasteiger charge is 2.06. The van der Waals surface area contributed by atoms with Gasteiger partial charge in [0.25, 0.3) is 0 Å². The van der Waals surface area contributed by atoms with Crippen LogP contribution < -0.4 is 11.7 Å². The van der Waals surface area contributed by atoms with Crippen LogP contribution in [0.25, 0.3) is 0 Å². The molecule has 1 saturated heterocycles. The molecule has 0 spiro atoms.